The average Bonchev–Trinajstić information content (AvgIpc) is 3.26. The lowest BCUT2D eigenvalue weighted by Crippen LogP contribution is -2.41. The Labute approximate surface area is 179 Å². The van der Waals surface area contributed by atoms with Gasteiger partial charge in [-0.3, -0.25) is 4.79 Å². The van der Waals surface area contributed by atoms with E-state index in [9.17, 15) is 13.2 Å². The normalized spacial score (nSPS) is 20.3. The first-order valence-corrected chi connectivity index (χ1v) is 12.3. The molecule has 1 aromatic carbocycles. The van der Waals surface area contributed by atoms with Gasteiger partial charge in [0.1, 0.15) is 0 Å². The van der Waals surface area contributed by atoms with Gasteiger partial charge >= 0.3 is 5.84 Å². The van der Waals surface area contributed by atoms with Crippen molar-refractivity contribution in [3.8, 4) is 0 Å². The molecule has 0 aliphatic heterocycles. The van der Waals surface area contributed by atoms with Crippen molar-refractivity contribution in [2.75, 3.05) is 19.8 Å². The van der Waals surface area contributed by atoms with E-state index < -0.39 is 10.0 Å². The second kappa shape index (κ2) is 8.20. The Morgan fingerprint density at radius 3 is 2.80 bits per heavy atom. The summed E-state index contributed by atoms with van der Waals surface area (Å²) in [5, 5.41) is 11.7. The van der Waals surface area contributed by atoms with Crippen molar-refractivity contribution in [3.63, 3.8) is 0 Å². The molecule has 0 unspecified atom stereocenters. The standard InChI is InChI=1S/C19H25N5O4S2/c1-12-6-4-5-7-14(12)20-17(25)11-29-19-22-21-18-24(19)15-10-13(8-9-16(15)28-18)30(26,27)23(2)3/h8-10,12,14H,4-7,11H2,1-3H3,(H,20,25)/t12-,14-/m0/s1. The van der Waals surface area contributed by atoms with Gasteiger partial charge in [-0.05, 0) is 37.0 Å². The van der Waals surface area contributed by atoms with Crippen molar-refractivity contribution in [2.24, 2.45) is 5.92 Å². The number of hydrogen-bond acceptors (Lipinski definition) is 7. The predicted octanol–water partition coefficient (Wildman–Crippen LogP) is 2.51. The predicted molar refractivity (Wildman–Crippen MR) is 114 cm³/mol. The minimum Gasteiger partial charge on any atom is -0.422 e. The van der Waals surface area contributed by atoms with E-state index in [1.807, 2.05) is 0 Å². The van der Waals surface area contributed by atoms with Crippen molar-refractivity contribution in [3.05, 3.63) is 18.2 Å². The molecule has 3 aromatic rings. The fourth-order valence-electron chi connectivity index (χ4n) is 3.76. The zero-order valence-electron chi connectivity index (χ0n) is 17.2. The number of sulfonamides is 1. The molecule has 1 fully saturated rings. The highest BCUT2D eigenvalue weighted by Gasteiger charge is 2.24. The second-order valence-corrected chi connectivity index (χ2v) is 10.9. The van der Waals surface area contributed by atoms with Crippen molar-refractivity contribution < 1.29 is 17.6 Å². The number of amides is 1. The first kappa shape index (κ1) is 21.1. The van der Waals surface area contributed by atoms with Crippen LogP contribution in [-0.2, 0) is 14.8 Å². The third-order valence-corrected chi connectivity index (χ3v) is 8.29. The lowest BCUT2D eigenvalue weighted by atomic mass is 9.86. The summed E-state index contributed by atoms with van der Waals surface area (Å²) < 4.78 is 33.4. The van der Waals surface area contributed by atoms with Gasteiger partial charge in [-0.1, -0.05) is 36.6 Å². The maximum atomic E-state index is 12.5. The largest absolute Gasteiger partial charge is 0.422 e. The molecule has 1 N–H and O–H groups in total. The average molecular weight is 452 g/mol. The molecule has 0 radical (unpaired) electrons. The topological polar surface area (TPSA) is 110 Å². The summed E-state index contributed by atoms with van der Waals surface area (Å²) >= 11 is 1.25. The summed E-state index contributed by atoms with van der Waals surface area (Å²) in [6.07, 6.45) is 4.52. The third kappa shape index (κ3) is 3.93. The number of nitrogens with zero attached hydrogens (tertiary/aromatic N) is 4. The van der Waals surface area contributed by atoms with Crippen LogP contribution in [0.15, 0.2) is 32.7 Å². The van der Waals surface area contributed by atoms with Gasteiger partial charge in [0.2, 0.25) is 15.9 Å². The minimum atomic E-state index is -3.59. The molecule has 0 bridgehead atoms. The summed E-state index contributed by atoms with van der Waals surface area (Å²) in [5.41, 5.74) is 1.04. The molecular formula is C19H25N5O4S2. The molecule has 2 heterocycles. The highest BCUT2D eigenvalue weighted by molar-refractivity contribution is 7.99. The van der Waals surface area contributed by atoms with Gasteiger partial charge in [0.05, 0.1) is 16.2 Å². The number of thioether (sulfide) groups is 1. The molecule has 9 nitrogen and oxygen atoms in total. The van der Waals surface area contributed by atoms with Crippen LogP contribution in [0, 0.1) is 5.92 Å². The molecule has 30 heavy (non-hydrogen) atoms. The van der Waals surface area contributed by atoms with E-state index in [1.54, 1.807) is 16.5 Å². The van der Waals surface area contributed by atoms with Gasteiger partial charge in [0.15, 0.2) is 10.7 Å². The summed E-state index contributed by atoms with van der Waals surface area (Å²) in [7, 11) is -0.627. The van der Waals surface area contributed by atoms with E-state index in [4.69, 9.17) is 4.42 Å². The van der Waals surface area contributed by atoms with Crippen molar-refractivity contribution in [2.45, 2.75) is 48.7 Å². The highest BCUT2D eigenvalue weighted by Crippen LogP contribution is 2.28. The Morgan fingerprint density at radius 1 is 1.30 bits per heavy atom. The zero-order chi connectivity index (χ0) is 21.5. The molecule has 1 aliphatic carbocycles. The molecule has 1 amide bonds. The molecule has 0 saturated heterocycles. The van der Waals surface area contributed by atoms with Crippen molar-refractivity contribution in [1.29, 1.82) is 0 Å². The van der Waals surface area contributed by atoms with Gasteiger partial charge in [-0.15, -0.1) is 5.10 Å². The lowest BCUT2D eigenvalue weighted by molar-refractivity contribution is -0.119. The summed E-state index contributed by atoms with van der Waals surface area (Å²) in [4.78, 5) is 12.6. The van der Waals surface area contributed by atoms with E-state index in [1.165, 1.54) is 38.3 Å². The summed E-state index contributed by atoms with van der Waals surface area (Å²) in [5.74, 6) is 0.904. The summed E-state index contributed by atoms with van der Waals surface area (Å²) in [6.45, 7) is 2.18. The number of benzene rings is 1. The number of aromatic nitrogens is 3. The molecule has 2 aromatic heterocycles. The van der Waals surface area contributed by atoms with Crippen molar-refractivity contribution in [1.82, 2.24) is 24.2 Å². The first-order chi connectivity index (χ1) is 14.3. The van der Waals surface area contributed by atoms with Gasteiger partial charge in [0, 0.05) is 20.1 Å². The Bertz CT molecular complexity index is 1180. The molecule has 2 atom stereocenters. The maximum Gasteiger partial charge on any atom is 0.328 e. The van der Waals surface area contributed by atoms with Crippen LogP contribution in [0.3, 0.4) is 0 Å². The Hall–Kier alpha value is -2.11. The fraction of sp³-hybridized carbons (Fsp3) is 0.526. The molecule has 162 valence electrons. The van der Waals surface area contributed by atoms with Crippen LogP contribution in [0.1, 0.15) is 32.6 Å². The minimum absolute atomic E-state index is 0.0424. The molecule has 4 rings (SSSR count). The fourth-order valence-corrected chi connectivity index (χ4v) is 5.43. The van der Waals surface area contributed by atoms with E-state index in [0.717, 1.165) is 23.6 Å². The second-order valence-electron chi connectivity index (χ2n) is 7.84. The van der Waals surface area contributed by atoms with Crippen LogP contribution < -0.4 is 5.32 Å². The van der Waals surface area contributed by atoms with Gasteiger partial charge in [-0.2, -0.15) is 0 Å². The van der Waals surface area contributed by atoms with Gasteiger partial charge in [0.25, 0.3) is 0 Å². The Morgan fingerprint density at radius 2 is 2.07 bits per heavy atom. The van der Waals surface area contributed by atoms with Crippen LogP contribution in [0.25, 0.3) is 16.9 Å². The van der Waals surface area contributed by atoms with E-state index >= 15 is 0 Å². The lowest BCUT2D eigenvalue weighted by Gasteiger charge is -2.29. The number of nitrogens with one attached hydrogen (secondary N) is 1. The summed E-state index contributed by atoms with van der Waals surface area (Å²) in [6, 6.07) is 4.86. The molecule has 1 saturated carbocycles. The van der Waals surface area contributed by atoms with Crippen LogP contribution >= 0.6 is 11.8 Å². The van der Waals surface area contributed by atoms with Crippen molar-refractivity contribution >= 4 is 44.6 Å². The van der Waals surface area contributed by atoms with Gasteiger partial charge < -0.3 is 9.73 Å². The maximum absolute atomic E-state index is 12.5. The SMILES string of the molecule is C[C@H]1CCCC[C@@H]1NC(=O)CSc1nnc2oc3ccc(S(=O)(=O)N(C)C)cc3n12. The number of hydrogen-bond donors (Lipinski definition) is 1. The smallest absolute Gasteiger partial charge is 0.328 e. The molecular weight excluding hydrogens is 426 g/mol. The molecule has 1 aliphatic rings. The highest BCUT2D eigenvalue weighted by atomic mass is 32.2. The number of rotatable bonds is 6. The quantitative estimate of drug-likeness (QED) is 0.574. The first-order valence-electron chi connectivity index (χ1n) is 9.90. The Balaban J connectivity index is 1.56. The Kier molecular flexibility index (Phi) is 5.78. The van der Waals surface area contributed by atoms with Crippen LogP contribution in [0.5, 0.6) is 0 Å². The van der Waals surface area contributed by atoms with Crippen LogP contribution in [0.4, 0.5) is 0 Å². The number of fused-ring (bicyclic) bond motifs is 3. The van der Waals surface area contributed by atoms with E-state index in [-0.39, 0.29) is 28.4 Å². The van der Waals surface area contributed by atoms with E-state index in [0.29, 0.717) is 22.2 Å². The van der Waals surface area contributed by atoms with Gasteiger partial charge in [-0.25, -0.2) is 17.1 Å². The monoisotopic (exact) mass is 451 g/mol. The number of oxazole rings is 1. The van der Waals surface area contributed by atoms with E-state index in [2.05, 4.69) is 22.4 Å². The number of carbonyl (C=O) groups is 1. The molecule has 11 heteroatoms. The zero-order valence-corrected chi connectivity index (χ0v) is 18.8. The van der Waals surface area contributed by atoms with Crippen LogP contribution in [-0.4, -0.2) is 59.1 Å². The number of carbonyl (C=O) groups excluding carboxylic acids is 1. The third-order valence-electron chi connectivity index (χ3n) is 5.55. The van der Waals surface area contributed by atoms with Crippen LogP contribution in [0.2, 0.25) is 0 Å². The molecule has 0 spiro atoms.